The summed E-state index contributed by atoms with van der Waals surface area (Å²) < 4.78 is 32.5. The van der Waals surface area contributed by atoms with Crippen LogP contribution < -0.4 is 0 Å². The molecule has 0 bridgehead atoms. The van der Waals surface area contributed by atoms with Crippen molar-refractivity contribution in [2.45, 2.75) is 37.6 Å². The summed E-state index contributed by atoms with van der Waals surface area (Å²) in [6.07, 6.45) is 1.81. The zero-order valence-corrected chi connectivity index (χ0v) is 12.2. The molecule has 0 aromatic carbocycles. The largest absolute Gasteiger partial charge is 0.470 e. The van der Waals surface area contributed by atoms with Gasteiger partial charge in [0.2, 0.25) is 6.29 Å². The fraction of sp³-hybridized carbons (Fsp3) is 0.846. The minimum atomic E-state index is -0.538. The van der Waals surface area contributed by atoms with E-state index in [0.717, 1.165) is 0 Å². The van der Waals surface area contributed by atoms with Gasteiger partial charge in [-0.15, -0.1) is 0 Å². The van der Waals surface area contributed by atoms with Gasteiger partial charge in [-0.3, -0.25) is 0 Å². The van der Waals surface area contributed by atoms with Crippen LogP contribution in [0.2, 0.25) is 0 Å². The van der Waals surface area contributed by atoms with Crippen LogP contribution in [0.3, 0.4) is 0 Å². The Balaban J connectivity index is 2.69. The molecule has 0 aromatic rings. The van der Waals surface area contributed by atoms with Crippen LogP contribution in [-0.4, -0.2) is 65.8 Å². The van der Waals surface area contributed by atoms with Gasteiger partial charge in [-0.25, -0.2) is 0 Å². The zero-order chi connectivity index (χ0) is 14.3. The molecular formula is C13H24O6. The quantitative estimate of drug-likeness (QED) is 0.645. The van der Waals surface area contributed by atoms with Gasteiger partial charge in [0.25, 0.3) is 0 Å². The number of hydrogen-bond acceptors (Lipinski definition) is 6. The number of methoxy groups -OCH3 is 4. The van der Waals surface area contributed by atoms with Gasteiger partial charge in [-0.2, -0.15) is 0 Å². The molecule has 19 heavy (non-hydrogen) atoms. The molecule has 1 aliphatic heterocycles. The monoisotopic (exact) mass is 276 g/mol. The highest BCUT2D eigenvalue weighted by Crippen LogP contribution is 2.27. The second-order valence-electron chi connectivity index (χ2n) is 4.27. The van der Waals surface area contributed by atoms with Crippen LogP contribution in [0.4, 0.5) is 0 Å². The second kappa shape index (κ2) is 8.50. The Kier molecular flexibility index (Phi) is 7.33. The molecule has 1 fully saturated rings. The van der Waals surface area contributed by atoms with Crippen LogP contribution >= 0.6 is 0 Å². The maximum Gasteiger partial charge on any atom is 0.228 e. The molecule has 5 unspecified atom stereocenters. The molecule has 1 heterocycles. The van der Waals surface area contributed by atoms with Gasteiger partial charge < -0.3 is 28.4 Å². The minimum Gasteiger partial charge on any atom is -0.470 e. The molecule has 1 rings (SSSR count). The van der Waals surface area contributed by atoms with E-state index >= 15 is 0 Å². The minimum absolute atomic E-state index is 0.151. The van der Waals surface area contributed by atoms with Gasteiger partial charge in [-0.05, 0) is 13.0 Å². The molecule has 6 nitrogen and oxygen atoms in total. The lowest BCUT2D eigenvalue weighted by Gasteiger charge is -2.43. The lowest BCUT2D eigenvalue weighted by Crippen LogP contribution is -2.59. The van der Waals surface area contributed by atoms with Crippen LogP contribution in [0, 0.1) is 0 Å². The Morgan fingerprint density at radius 3 is 2.11 bits per heavy atom. The Hall–Kier alpha value is -0.660. The van der Waals surface area contributed by atoms with Gasteiger partial charge in [0.1, 0.15) is 18.3 Å². The summed E-state index contributed by atoms with van der Waals surface area (Å²) in [5.41, 5.74) is 0. The van der Waals surface area contributed by atoms with Crippen molar-refractivity contribution in [2.75, 3.05) is 35.0 Å². The van der Waals surface area contributed by atoms with E-state index < -0.39 is 6.29 Å². The van der Waals surface area contributed by atoms with E-state index in [2.05, 4.69) is 0 Å². The number of hydrogen-bond donors (Lipinski definition) is 0. The van der Waals surface area contributed by atoms with E-state index in [1.165, 1.54) is 0 Å². The molecule has 0 aromatic heterocycles. The lowest BCUT2D eigenvalue weighted by atomic mass is 9.99. The molecule has 0 aliphatic carbocycles. The van der Waals surface area contributed by atoms with Crippen molar-refractivity contribution in [3.8, 4) is 0 Å². The van der Waals surface area contributed by atoms with Crippen molar-refractivity contribution in [2.24, 2.45) is 0 Å². The molecule has 112 valence electrons. The summed E-state index contributed by atoms with van der Waals surface area (Å²) in [5, 5.41) is 0. The molecule has 0 spiro atoms. The summed E-state index contributed by atoms with van der Waals surface area (Å²) in [7, 11) is 6.46. The van der Waals surface area contributed by atoms with Gasteiger partial charge >= 0.3 is 0 Å². The first kappa shape index (κ1) is 16.4. The Labute approximate surface area is 114 Å². The third kappa shape index (κ3) is 4.15. The highest BCUT2D eigenvalue weighted by atomic mass is 16.7. The van der Waals surface area contributed by atoms with Crippen molar-refractivity contribution < 1.29 is 28.4 Å². The number of rotatable bonds is 7. The van der Waals surface area contributed by atoms with Crippen LogP contribution in [0.1, 0.15) is 6.92 Å². The molecule has 6 heteroatoms. The molecule has 0 N–H and O–H groups in total. The van der Waals surface area contributed by atoms with Crippen molar-refractivity contribution in [1.29, 1.82) is 0 Å². The first-order chi connectivity index (χ1) is 9.19. The molecule has 0 amide bonds. The van der Waals surface area contributed by atoms with E-state index in [9.17, 15) is 0 Å². The molecular weight excluding hydrogens is 252 g/mol. The van der Waals surface area contributed by atoms with Gasteiger partial charge in [0, 0.05) is 28.4 Å². The van der Waals surface area contributed by atoms with E-state index in [4.69, 9.17) is 28.4 Å². The average molecular weight is 276 g/mol. The van der Waals surface area contributed by atoms with Crippen LogP contribution in [0.5, 0.6) is 0 Å². The second-order valence-corrected chi connectivity index (χ2v) is 4.27. The molecule has 5 atom stereocenters. The van der Waals surface area contributed by atoms with Crippen molar-refractivity contribution in [3.05, 3.63) is 12.3 Å². The maximum atomic E-state index is 5.76. The third-order valence-corrected chi connectivity index (χ3v) is 3.12. The lowest BCUT2D eigenvalue weighted by molar-refractivity contribution is -0.292. The fourth-order valence-corrected chi connectivity index (χ4v) is 2.19. The number of ether oxygens (including phenoxy) is 6. The van der Waals surface area contributed by atoms with Gasteiger partial charge in [0.15, 0.2) is 0 Å². The first-order valence-electron chi connectivity index (χ1n) is 6.22. The SMILES string of the molecule is COCC=COC1OC(C)C(OC)C(OC)C1OC. The fourth-order valence-electron chi connectivity index (χ4n) is 2.19. The topological polar surface area (TPSA) is 55.4 Å². The van der Waals surface area contributed by atoms with Gasteiger partial charge in [0.05, 0.1) is 19.0 Å². The summed E-state index contributed by atoms with van der Waals surface area (Å²) in [5.74, 6) is 0. The van der Waals surface area contributed by atoms with Crippen molar-refractivity contribution in [1.82, 2.24) is 0 Å². The normalized spacial score (nSPS) is 35.7. The van der Waals surface area contributed by atoms with E-state index in [1.54, 1.807) is 40.8 Å². The molecule has 1 saturated heterocycles. The Morgan fingerprint density at radius 2 is 1.58 bits per heavy atom. The summed E-state index contributed by atoms with van der Waals surface area (Å²) in [6, 6.07) is 0. The molecule has 1 aliphatic rings. The van der Waals surface area contributed by atoms with Crippen molar-refractivity contribution in [3.63, 3.8) is 0 Å². The van der Waals surface area contributed by atoms with Crippen LogP contribution in [0.15, 0.2) is 12.3 Å². The maximum absolute atomic E-state index is 5.76. The van der Waals surface area contributed by atoms with Crippen LogP contribution in [-0.2, 0) is 28.4 Å². The smallest absolute Gasteiger partial charge is 0.228 e. The third-order valence-electron chi connectivity index (χ3n) is 3.12. The summed E-state index contributed by atoms with van der Waals surface area (Å²) in [6.45, 7) is 2.40. The molecule has 0 saturated carbocycles. The predicted molar refractivity (Wildman–Crippen MR) is 68.8 cm³/mol. The van der Waals surface area contributed by atoms with Crippen LogP contribution in [0.25, 0.3) is 0 Å². The Morgan fingerprint density at radius 1 is 0.947 bits per heavy atom. The van der Waals surface area contributed by atoms with E-state index in [-0.39, 0.29) is 24.4 Å². The zero-order valence-electron chi connectivity index (χ0n) is 12.2. The first-order valence-corrected chi connectivity index (χ1v) is 6.22. The highest BCUT2D eigenvalue weighted by Gasteiger charge is 2.46. The van der Waals surface area contributed by atoms with E-state index in [1.807, 2.05) is 6.92 Å². The predicted octanol–water partition coefficient (Wildman–Crippen LogP) is 0.953. The summed E-state index contributed by atoms with van der Waals surface area (Å²) >= 11 is 0. The van der Waals surface area contributed by atoms with E-state index in [0.29, 0.717) is 6.61 Å². The van der Waals surface area contributed by atoms with Gasteiger partial charge in [-0.1, -0.05) is 0 Å². The average Bonchev–Trinajstić information content (AvgIpc) is 2.42. The Bertz CT molecular complexity index is 270. The standard InChI is InChI=1S/C13H24O6/c1-9-10(15-3)11(16-4)12(17-5)13(19-9)18-8-6-7-14-2/h6,8-13H,7H2,1-5H3. The summed E-state index contributed by atoms with van der Waals surface area (Å²) in [4.78, 5) is 0. The molecule has 0 radical (unpaired) electrons. The van der Waals surface area contributed by atoms with Crippen molar-refractivity contribution >= 4 is 0 Å². The highest BCUT2D eigenvalue weighted by molar-refractivity contribution is 4.91.